The molecule has 0 aliphatic carbocycles. The van der Waals surface area contributed by atoms with Gasteiger partial charge < -0.3 is 14.8 Å². The quantitative estimate of drug-likeness (QED) is 0.677. The van der Waals surface area contributed by atoms with E-state index in [4.69, 9.17) is 15.9 Å². The van der Waals surface area contributed by atoms with Gasteiger partial charge in [0.05, 0.1) is 7.11 Å². The molecule has 0 radical (unpaired) electrons. The molecule has 0 fully saturated rings. The van der Waals surface area contributed by atoms with Crippen molar-refractivity contribution in [1.29, 1.82) is 0 Å². The maximum Gasteiger partial charge on any atom is 0.325 e. The van der Waals surface area contributed by atoms with Crippen molar-refractivity contribution in [3.8, 4) is 24.4 Å². The molecule has 0 saturated carbocycles. The molecule has 1 aromatic rings. The average Bonchev–Trinajstić information content (AvgIpc) is 2.25. The lowest BCUT2D eigenvalue weighted by molar-refractivity contribution is 0.318. The van der Waals surface area contributed by atoms with Gasteiger partial charge in [0.2, 0.25) is 5.95 Å². The highest BCUT2D eigenvalue weighted by molar-refractivity contribution is 5.26. The van der Waals surface area contributed by atoms with E-state index >= 15 is 0 Å². The number of rotatable bonds is 4. The highest BCUT2D eigenvalue weighted by atomic mass is 16.5. The maximum absolute atomic E-state index is 5.02. The van der Waals surface area contributed by atoms with Gasteiger partial charge in [-0.1, -0.05) is 5.92 Å². The van der Waals surface area contributed by atoms with Crippen molar-refractivity contribution in [2.75, 3.05) is 26.1 Å². The van der Waals surface area contributed by atoms with E-state index in [9.17, 15) is 0 Å². The van der Waals surface area contributed by atoms with Crippen LogP contribution in [0, 0.1) is 12.3 Å². The molecule has 74 valence electrons. The first-order valence-corrected chi connectivity index (χ1v) is 3.84. The molecular weight excluding hydrogens is 184 g/mol. The summed E-state index contributed by atoms with van der Waals surface area (Å²) in [6, 6.07) is 0.315. The van der Waals surface area contributed by atoms with Crippen molar-refractivity contribution < 1.29 is 9.47 Å². The van der Waals surface area contributed by atoms with Crippen LogP contribution in [0.4, 0.5) is 5.95 Å². The maximum atomic E-state index is 5.02. The monoisotopic (exact) mass is 194 g/mol. The third kappa shape index (κ3) is 2.48. The Bertz CT molecular complexity index is 325. The number of aromatic nitrogens is 3. The fourth-order valence-electron chi connectivity index (χ4n) is 0.712. The molecule has 6 nitrogen and oxygen atoms in total. The fraction of sp³-hybridized carbons (Fsp3) is 0.375. The van der Waals surface area contributed by atoms with Gasteiger partial charge in [-0.2, -0.15) is 9.97 Å². The average molecular weight is 194 g/mol. The largest absolute Gasteiger partial charge is 0.467 e. The predicted octanol–water partition coefficient (Wildman–Crippen LogP) is -0.0661. The summed E-state index contributed by atoms with van der Waals surface area (Å²) in [7, 11) is 3.14. The summed E-state index contributed by atoms with van der Waals surface area (Å²) in [6.45, 7) is 0.107. The van der Waals surface area contributed by atoms with Crippen molar-refractivity contribution in [1.82, 2.24) is 15.0 Å². The Morgan fingerprint density at radius 1 is 1.36 bits per heavy atom. The Morgan fingerprint density at radius 2 is 2.07 bits per heavy atom. The van der Waals surface area contributed by atoms with Crippen LogP contribution in [0.3, 0.4) is 0 Å². The second-order valence-electron chi connectivity index (χ2n) is 2.17. The molecular formula is C8H10N4O2. The zero-order valence-electron chi connectivity index (χ0n) is 7.94. The van der Waals surface area contributed by atoms with Crippen molar-refractivity contribution in [2.24, 2.45) is 0 Å². The van der Waals surface area contributed by atoms with Gasteiger partial charge in [0.1, 0.15) is 0 Å². The third-order valence-corrected chi connectivity index (χ3v) is 1.29. The van der Waals surface area contributed by atoms with Crippen LogP contribution in [-0.4, -0.2) is 35.7 Å². The standard InChI is InChI=1S/C8H10N4O2/c1-4-5-14-8-11-6(9-2)10-7(12-8)13-3/h1H,5H2,2-3H3,(H,9,10,11,12). The Kier molecular flexibility index (Phi) is 3.49. The normalized spacial score (nSPS) is 8.93. The van der Waals surface area contributed by atoms with Crippen LogP contribution in [0.1, 0.15) is 0 Å². The number of hydrogen-bond donors (Lipinski definition) is 1. The lowest BCUT2D eigenvalue weighted by atomic mass is 10.7. The minimum Gasteiger partial charge on any atom is -0.467 e. The van der Waals surface area contributed by atoms with Gasteiger partial charge >= 0.3 is 12.0 Å². The SMILES string of the molecule is C#CCOc1nc(NC)nc(OC)n1. The summed E-state index contributed by atoms with van der Waals surface area (Å²) in [4.78, 5) is 11.6. The van der Waals surface area contributed by atoms with Gasteiger partial charge in [0.25, 0.3) is 0 Å². The summed E-state index contributed by atoms with van der Waals surface area (Å²) in [5.41, 5.74) is 0. The van der Waals surface area contributed by atoms with Crippen LogP contribution in [0.2, 0.25) is 0 Å². The molecule has 1 N–H and O–H groups in total. The van der Waals surface area contributed by atoms with E-state index in [1.807, 2.05) is 0 Å². The number of terminal acetylenes is 1. The molecule has 0 spiro atoms. The number of nitrogens with one attached hydrogen (secondary N) is 1. The lowest BCUT2D eigenvalue weighted by Gasteiger charge is -2.04. The zero-order valence-corrected chi connectivity index (χ0v) is 7.94. The van der Waals surface area contributed by atoms with E-state index in [-0.39, 0.29) is 18.6 Å². The summed E-state index contributed by atoms with van der Waals surface area (Å²) in [5, 5.41) is 2.74. The molecule has 0 bridgehead atoms. The third-order valence-electron chi connectivity index (χ3n) is 1.29. The van der Waals surface area contributed by atoms with E-state index in [0.717, 1.165) is 0 Å². The topological polar surface area (TPSA) is 69.2 Å². The minimum absolute atomic E-state index is 0.107. The predicted molar refractivity (Wildman–Crippen MR) is 50.3 cm³/mol. The summed E-state index contributed by atoms with van der Waals surface area (Å²) >= 11 is 0. The smallest absolute Gasteiger partial charge is 0.325 e. The molecule has 0 amide bonds. The lowest BCUT2D eigenvalue weighted by Crippen LogP contribution is -2.05. The van der Waals surface area contributed by atoms with Crippen molar-refractivity contribution in [2.45, 2.75) is 0 Å². The van der Waals surface area contributed by atoms with Crippen LogP contribution >= 0.6 is 0 Å². The van der Waals surface area contributed by atoms with Gasteiger partial charge in [-0.05, 0) is 0 Å². The number of methoxy groups -OCH3 is 1. The van der Waals surface area contributed by atoms with Gasteiger partial charge in [-0.15, -0.1) is 11.4 Å². The highest BCUT2D eigenvalue weighted by Gasteiger charge is 2.05. The van der Waals surface area contributed by atoms with E-state index in [1.165, 1.54) is 7.11 Å². The molecule has 0 aromatic carbocycles. The number of anilines is 1. The second-order valence-corrected chi connectivity index (χ2v) is 2.17. The Balaban J connectivity index is 2.87. The first-order chi connectivity index (χ1) is 6.80. The highest BCUT2D eigenvalue weighted by Crippen LogP contribution is 2.11. The van der Waals surface area contributed by atoms with Crippen LogP contribution in [0.25, 0.3) is 0 Å². The Labute approximate surface area is 81.7 Å². The van der Waals surface area contributed by atoms with E-state index in [1.54, 1.807) is 7.05 Å². The van der Waals surface area contributed by atoms with Gasteiger partial charge in [0, 0.05) is 7.05 Å². The van der Waals surface area contributed by atoms with Crippen molar-refractivity contribution >= 4 is 5.95 Å². The van der Waals surface area contributed by atoms with E-state index in [0.29, 0.717) is 5.95 Å². The molecule has 1 rings (SSSR count). The molecule has 0 atom stereocenters. The molecule has 6 heteroatoms. The first-order valence-electron chi connectivity index (χ1n) is 3.84. The van der Waals surface area contributed by atoms with Crippen LogP contribution in [-0.2, 0) is 0 Å². The fourth-order valence-corrected chi connectivity index (χ4v) is 0.712. The minimum atomic E-state index is 0.107. The Morgan fingerprint density at radius 3 is 2.64 bits per heavy atom. The van der Waals surface area contributed by atoms with E-state index in [2.05, 4.69) is 26.2 Å². The first kappa shape index (κ1) is 10.1. The molecule has 0 saturated heterocycles. The summed E-state index contributed by atoms with van der Waals surface area (Å²) in [6.07, 6.45) is 5.02. The number of ether oxygens (including phenoxy) is 2. The van der Waals surface area contributed by atoms with Crippen LogP contribution in [0.15, 0.2) is 0 Å². The Hall–Kier alpha value is -2.03. The summed E-state index contributed by atoms with van der Waals surface area (Å²) < 4.78 is 9.87. The molecule has 0 aliphatic heterocycles. The van der Waals surface area contributed by atoms with Gasteiger partial charge in [0.15, 0.2) is 6.61 Å². The molecule has 1 heterocycles. The zero-order chi connectivity index (χ0) is 10.4. The van der Waals surface area contributed by atoms with Crippen LogP contribution < -0.4 is 14.8 Å². The van der Waals surface area contributed by atoms with Gasteiger partial charge in [-0.25, -0.2) is 0 Å². The molecule has 14 heavy (non-hydrogen) atoms. The van der Waals surface area contributed by atoms with Gasteiger partial charge in [-0.3, -0.25) is 0 Å². The number of hydrogen-bond acceptors (Lipinski definition) is 6. The number of nitrogens with zero attached hydrogens (tertiary/aromatic N) is 3. The molecule has 0 aliphatic rings. The van der Waals surface area contributed by atoms with Crippen LogP contribution in [0.5, 0.6) is 12.0 Å². The summed E-state index contributed by atoms with van der Waals surface area (Å²) in [5.74, 6) is 2.67. The van der Waals surface area contributed by atoms with Crippen molar-refractivity contribution in [3.63, 3.8) is 0 Å². The van der Waals surface area contributed by atoms with Crippen molar-refractivity contribution in [3.05, 3.63) is 0 Å². The second kappa shape index (κ2) is 4.87. The molecule has 0 unspecified atom stereocenters. The molecule has 1 aromatic heterocycles. The van der Waals surface area contributed by atoms with E-state index < -0.39 is 0 Å².